The summed E-state index contributed by atoms with van der Waals surface area (Å²) >= 11 is 5.95. The summed E-state index contributed by atoms with van der Waals surface area (Å²) in [6.07, 6.45) is 2.63. The lowest BCUT2D eigenvalue weighted by molar-refractivity contribution is 0.169. The molecule has 0 saturated heterocycles. The van der Waals surface area contributed by atoms with Crippen LogP contribution in [0.4, 0.5) is 0 Å². The molecule has 0 radical (unpaired) electrons. The lowest BCUT2D eigenvalue weighted by atomic mass is 10.0. The molecule has 1 aromatic rings. The van der Waals surface area contributed by atoms with Crippen molar-refractivity contribution in [3.63, 3.8) is 0 Å². The van der Waals surface area contributed by atoms with Gasteiger partial charge in [0.15, 0.2) is 0 Å². The monoisotopic (exact) mass is 266 g/mol. The molecule has 2 nitrogen and oxygen atoms in total. The van der Waals surface area contributed by atoms with Crippen molar-refractivity contribution in [2.45, 2.75) is 38.8 Å². The fourth-order valence-electron chi connectivity index (χ4n) is 2.51. The van der Waals surface area contributed by atoms with Gasteiger partial charge in [0.05, 0.1) is 0 Å². The molecule has 0 bridgehead atoms. The Labute approximate surface area is 115 Å². The predicted molar refractivity (Wildman–Crippen MR) is 77.8 cm³/mol. The van der Waals surface area contributed by atoms with Gasteiger partial charge in [0.25, 0.3) is 0 Å². The Bertz CT molecular complexity index is 371. The Kier molecular flexibility index (Phi) is 4.66. The Hall–Kier alpha value is -0.570. The fourth-order valence-corrected chi connectivity index (χ4v) is 2.63. The highest BCUT2D eigenvalue weighted by Gasteiger charge is 2.34. The summed E-state index contributed by atoms with van der Waals surface area (Å²) in [7, 11) is 0. The maximum atomic E-state index is 6.01. The maximum Gasteiger partial charge on any atom is 0.0473 e. The first-order valence-electron chi connectivity index (χ1n) is 6.83. The van der Waals surface area contributed by atoms with Gasteiger partial charge in [-0.2, -0.15) is 0 Å². The van der Waals surface area contributed by atoms with Gasteiger partial charge in [0.1, 0.15) is 0 Å². The molecule has 2 N–H and O–H groups in total. The van der Waals surface area contributed by atoms with Crippen molar-refractivity contribution in [3.8, 4) is 0 Å². The Morgan fingerprint density at radius 1 is 1.28 bits per heavy atom. The van der Waals surface area contributed by atoms with E-state index in [0.29, 0.717) is 18.5 Å². The third-order valence-electron chi connectivity index (χ3n) is 3.47. The zero-order valence-corrected chi connectivity index (χ0v) is 12.0. The molecule has 0 spiro atoms. The first kappa shape index (κ1) is 13.9. The van der Waals surface area contributed by atoms with E-state index in [2.05, 4.69) is 30.9 Å². The summed E-state index contributed by atoms with van der Waals surface area (Å²) in [5.74, 6) is 0.673. The molecule has 1 atom stereocenters. The summed E-state index contributed by atoms with van der Waals surface area (Å²) < 4.78 is 0. The minimum Gasteiger partial charge on any atom is -0.329 e. The van der Waals surface area contributed by atoms with Gasteiger partial charge in [0.2, 0.25) is 0 Å². The molecular formula is C15H23ClN2. The quantitative estimate of drug-likeness (QED) is 0.854. The number of halogens is 1. The van der Waals surface area contributed by atoms with Crippen LogP contribution in [-0.4, -0.2) is 24.0 Å². The van der Waals surface area contributed by atoms with Crippen LogP contribution in [0, 0.1) is 5.92 Å². The van der Waals surface area contributed by atoms with E-state index in [4.69, 9.17) is 17.3 Å². The van der Waals surface area contributed by atoms with E-state index in [1.165, 1.54) is 18.4 Å². The molecule has 0 aliphatic heterocycles. The lowest BCUT2D eigenvalue weighted by Gasteiger charge is -2.32. The second kappa shape index (κ2) is 6.05. The Morgan fingerprint density at radius 2 is 1.89 bits per heavy atom. The van der Waals surface area contributed by atoms with Crippen molar-refractivity contribution in [1.29, 1.82) is 0 Å². The van der Waals surface area contributed by atoms with E-state index < -0.39 is 0 Å². The summed E-state index contributed by atoms with van der Waals surface area (Å²) in [5, 5.41) is 0.788. The van der Waals surface area contributed by atoms with E-state index in [1.807, 2.05) is 12.1 Å². The smallest absolute Gasteiger partial charge is 0.0473 e. The maximum absolute atomic E-state index is 6.01. The van der Waals surface area contributed by atoms with Crippen molar-refractivity contribution in [2.24, 2.45) is 11.7 Å². The van der Waals surface area contributed by atoms with E-state index in [9.17, 15) is 0 Å². The lowest BCUT2D eigenvalue weighted by Crippen LogP contribution is -2.38. The molecule has 18 heavy (non-hydrogen) atoms. The van der Waals surface area contributed by atoms with Gasteiger partial charge in [-0.1, -0.05) is 37.6 Å². The normalized spacial score (nSPS) is 17.4. The molecule has 0 amide bonds. The fraction of sp³-hybridized carbons (Fsp3) is 0.600. The number of nitrogens with two attached hydrogens (primary N) is 1. The SMILES string of the molecule is CC(C)CN(C1CC1)C(CN)c1ccc(Cl)cc1. The number of hydrogen-bond donors (Lipinski definition) is 1. The molecule has 2 rings (SSSR count). The van der Waals surface area contributed by atoms with Crippen LogP contribution in [-0.2, 0) is 0 Å². The summed E-state index contributed by atoms with van der Waals surface area (Å²) in [5.41, 5.74) is 7.30. The topological polar surface area (TPSA) is 29.3 Å². The van der Waals surface area contributed by atoms with Crippen molar-refractivity contribution < 1.29 is 0 Å². The van der Waals surface area contributed by atoms with Gasteiger partial charge >= 0.3 is 0 Å². The third-order valence-corrected chi connectivity index (χ3v) is 3.72. The number of benzene rings is 1. The van der Waals surface area contributed by atoms with Crippen LogP contribution in [0.1, 0.15) is 38.3 Å². The second-order valence-electron chi connectivity index (χ2n) is 5.62. The zero-order valence-electron chi connectivity index (χ0n) is 11.3. The average Bonchev–Trinajstić information content (AvgIpc) is 3.14. The molecule has 3 heteroatoms. The molecular weight excluding hydrogens is 244 g/mol. The largest absolute Gasteiger partial charge is 0.329 e. The molecule has 1 saturated carbocycles. The van der Waals surface area contributed by atoms with Gasteiger partial charge in [0, 0.05) is 30.2 Å². The standard InChI is InChI=1S/C15H23ClN2/c1-11(2)10-18(14-7-8-14)15(9-17)12-3-5-13(16)6-4-12/h3-6,11,14-15H,7-10,17H2,1-2H3. The molecule has 1 aliphatic rings. The highest BCUT2D eigenvalue weighted by Crippen LogP contribution is 2.34. The summed E-state index contributed by atoms with van der Waals surface area (Å²) in [6, 6.07) is 9.19. The van der Waals surface area contributed by atoms with Crippen molar-refractivity contribution in [2.75, 3.05) is 13.1 Å². The van der Waals surface area contributed by atoms with Gasteiger partial charge in [-0.3, -0.25) is 4.90 Å². The zero-order chi connectivity index (χ0) is 13.1. The molecule has 1 aromatic carbocycles. The van der Waals surface area contributed by atoms with Crippen LogP contribution in [0.15, 0.2) is 24.3 Å². The highest BCUT2D eigenvalue weighted by atomic mass is 35.5. The Morgan fingerprint density at radius 3 is 2.33 bits per heavy atom. The van der Waals surface area contributed by atoms with E-state index in [1.54, 1.807) is 0 Å². The second-order valence-corrected chi connectivity index (χ2v) is 6.06. The summed E-state index contributed by atoms with van der Waals surface area (Å²) in [4.78, 5) is 2.58. The number of rotatable bonds is 6. The predicted octanol–water partition coefficient (Wildman–Crippen LogP) is 3.46. The van der Waals surface area contributed by atoms with Crippen molar-refractivity contribution in [3.05, 3.63) is 34.9 Å². The molecule has 1 fully saturated rings. The minimum absolute atomic E-state index is 0.331. The van der Waals surface area contributed by atoms with Crippen LogP contribution in [0.25, 0.3) is 0 Å². The van der Waals surface area contributed by atoms with E-state index >= 15 is 0 Å². The molecule has 0 heterocycles. The number of hydrogen-bond acceptors (Lipinski definition) is 2. The summed E-state index contributed by atoms with van der Waals surface area (Å²) in [6.45, 7) is 6.33. The van der Waals surface area contributed by atoms with Crippen LogP contribution in [0.2, 0.25) is 5.02 Å². The first-order chi connectivity index (χ1) is 8.61. The van der Waals surface area contributed by atoms with Crippen LogP contribution < -0.4 is 5.73 Å². The van der Waals surface area contributed by atoms with Crippen LogP contribution in [0.5, 0.6) is 0 Å². The highest BCUT2D eigenvalue weighted by molar-refractivity contribution is 6.30. The molecule has 100 valence electrons. The van der Waals surface area contributed by atoms with Gasteiger partial charge in [-0.15, -0.1) is 0 Å². The van der Waals surface area contributed by atoms with Gasteiger partial charge in [-0.05, 0) is 36.5 Å². The minimum atomic E-state index is 0.331. The first-order valence-corrected chi connectivity index (χ1v) is 7.21. The average molecular weight is 267 g/mol. The van der Waals surface area contributed by atoms with Gasteiger partial charge < -0.3 is 5.73 Å². The van der Waals surface area contributed by atoms with Crippen molar-refractivity contribution >= 4 is 11.6 Å². The van der Waals surface area contributed by atoms with E-state index in [-0.39, 0.29) is 0 Å². The molecule has 1 unspecified atom stereocenters. The van der Waals surface area contributed by atoms with Crippen molar-refractivity contribution in [1.82, 2.24) is 4.90 Å². The van der Waals surface area contributed by atoms with E-state index in [0.717, 1.165) is 17.6 Å². The van der Waals surface area contributed by atoms with Gasteiger partial charge in [-0.25, -0.2) is 0 Å². The molecule has 0 aromatic heterocycles. The third kappa shape index (κ3) is 3.47. The Balaban J connectivity index is 2.16. The molecule has 1 aliphatic carbocycles. The number of nitrogens with zero attached hydrogens (tertiary/aromatic N) is 1. The van der Waals surface area contributed by atoms with Crippen LogP contribution >= 0.6 is 11.6 Å². The van der Waals surface area contributed by atoms with Crippen LogP contribution in [0.3, 0.4) is 0 Å².